The zero-order chi connectivity index (χ0) is 13.4. The summed E-state index contributed by atoms with van der Waals surface area (Å²) in [6.07, 6.45) is 6.12. The predicted octanol–water partition coefficient (Wildman–Crippen LogP) is 4.36. The number of rotatable bonds is 3. The van der Waals surface area contributed by atoms with Crippen LogP contribution in [0.4, 0.5) is 5.69 Å². The fraction of sp³-hybridized carbons (Fsp3) is 0.562. The largest absolute Gasteiger partial charge is 0.326 e. The molecule has 2 bridgehead atoms. The second-order valence-electron chi connectivity index (χ2n) is 6.15. The maximum atomic E-state index is 12.2. The molecule has 3 heteroatoms. The molecule has 3 unspecified atom stereocenters. The van der Waals surface area contributed by atoms with Crippen molar-refractivity contribution in [1.82, 2.24) is 0 Å². The van der Waals surface area contributed by atoms with E-state index in [0.717, 1.165) is 23.1 Å². The lowest BCUT2D eigenvalue weighted by Crippen LogP contribution is -2.20. The first kappa shape index (κ1) is 13.4. The topological polar surface area (TPSA) is 29.1 Å². The number of amides is 1. The lowest BCUT2D eigenvalue weighted by molar-refractivity contribution is -0.117. The maximum Gasteiger partial charge on any atom is 0.224 e. The number of anilines is 1. The fourth-order valence-corrected chi connectivity index (χ4v) is 4.29. The summed E-state index contributed by atoms with van der Waals surface area (Å²) in [6.45, 7) is 2.04. The van der Waals surface area contributed by atoms with Crippen molar-refractivity contribution < 1.29 is 4.79 Å². The molecular formula is C16H20INO. The summed E-state index contributed by atoms with van der Waals surface area (Å²) >= 11 is 2.28. The molecule has 1 aromatic rings. The first-order valence-corrected chi connectivity index (χ1v) is 8.25. The summed E-state index contributed by atoms with van der Waals surface area (Å²) in [4.78, 5) is 12.2. The summed E-state index contributed by atoms with van der Waals surface area (Å²) < 4.78 is 1.17. The van der Waals surface area contributed by atoms with Crippen LogP contribution in [-0.4, -0.2) is 5.91 Å². The van der Waals surface area contributed by atoms with E-state index in [9.17, 15) is 4.79 Å². The Kier molecular flexibility index (Phi) is 3.83. The Hall–Kier alpha value is -0.580. The van der Waals surface area contributed by atoms with E-state index >= 15 is 0 Å². The average Bonchev–Trinajstić information content (AvgIpc) is 2.96. The van der Waals surface area contributed by atoms with Crippen LogP contribution in [0.25, 0.3) is 0 Å². The summed E-state index contributed by atoms with van der Waals surface area (Å²) in [7, 11) is 0. The molecular weight excluding hydrogens is 349 g/mol. The lowest BCUT2D eigenvalue weighted by Gasteiger charge is -2.21. The molecule has 0 spiro atoms. The van der Waals surface area contributed by atoms with Gasteiger partial charge in [-0.1, -0.05) is 12.5 Å². The van der Waals surface area contributed by atoms with E-state index in [0.29, 0.717) is 12.3 Å². The highest BCUT2D eigenvalue weighted by Crippen LogP contribution is 2.49. The Morgan fingerprint density at radius 2 is 2.21 bits per heavy atom. The summed E-state index contributed by atoms with van der Waals surface area (Å²) in [6, 6.07) is 6.19. The first-order valence-electron chi connectivity index (χ1n) is 7.18. The molecule has 2 fully saturated rings. The Balaban J connectivity index is 1.61. The minimum absolute atomic E-state index is 0.197. The van der Waals surface area contributed by atoms with Crippen molar-refractivity contribution in [3.8, 4) is 0 Å². The van der Waals surface area contributed by atoms with Gasteiger partial charge in [0.15, 0.2) is 0 Å². The van der Waals surface area contributed by atoms with Crippen LogP contribution in [0, 0.1) is 28.2 Å². The second kappa shape index (κ2) is 5.43. The van der Waals surface area contributed by atoms with E-state index in [1.54, 1.807) is 0 Å². The van der Waals surface area contributed by atoms with Gasteiger partial charge in [-0.15, -0.1) is 0 Å². The summed E-state index contributed by atoms with van der Waals surface area (Å²) in [5.74, 6) is 2.58. The monoisotopic (exact) mass is 369 g/mol. The van der Waals surface area contributed by atoms with Gasteiger partial charge in [0.05, 0.1) is 0 Å². The van der Waals surface area contributed by atoms with Gasteiger partial charge in [-0.05, 0) is 84.2 Å². The zero-order valence-corrected chi connectivity index (χ0v) is 13.4. The number of halogens is 1. The highest BCUT2D eigenvalue weighted by molar-refractivity contribution is 14.1. The van der Waals surface area contributed by atoms with Crippen LogP contribution in [0.2, 0.25) is 0 Å². The van der Waals surface area contributed by atoms with Crippen LogP contribution >= 0.6 is 22.6 Å². The molecule has 2 aliphatic carbocycles. The van der Waals surface area contributed by atoms with Crippen molar-refractivity contribution in [2.75, 3.05) is 5.32 Å². The van der Waals surface area contributed by atoms with Crippen LogP contribution in [0.1, 0.15) is 37.7 Å². The Morgan fingerprint density at radius 3 is 2.89 bits per heavy atom. The molecule has 2 saturated carbocycles. The van der Waals surface area contributed by atoms with E-state index in [2.05, 4.69) is 46.1 Å². The van der Waals surface area contributed by atoms with E-state index in [1.807, 2.05) is 6.92 Å². The smallest absolute Gasteiger partial charge is 0.224 e. The van der Waals surface area contributed by atoms with Crippen molar-refractivity contribution in [3.63, 3.8) is 0 Å². The number of hydrogen-bond donors (Lipinski definition) is 1. The van der Waals surface area contributed by atoms with Gasteiger partial charge >= 0.3 is 0 Å². The molecule has 2 aliphatic rings. The van der Waals surface area contributed by atoms with Gasteiger partial charge in [-0.3, -0.25) is 4.79 Å². The normalized spacial score (nSPS) is 28.6. The third-order valence-electron chi connectivity index (χ3n) is 4.81. The van der Waals surface area contributed by atoms with Gasteiger partial charge in [0.1, 0.15) is 0 Å². The van der Waals surface area contributed by atoms with Gasteiger partial charge < -0.3 is 5.32 Å². The van der Waals surface area contributed by atoms with Gasteiger partial charge in [-0.2, -0.15) is 0 Å². The predicted molar refractivity (Wildman–Crippen MR) is 86.1 cm³/mol. The standard InChI is InChI=1S/C16H20INO/c1-10-2-5-14(17)9-15(10)18-16(19)8-13-7-11-3-4-12(13)6-11/h2,5,9,11-13H,3-4,6-8H2,1H3,(H,18,19). The average molecular weight is 369 g/mol. The molecule has 0 saturated heterocycles. The molecule has 3 atom stereocenters. The van der Waals surface area contributed by atoms with E-state index in [4.69, 9.17) is 0 Å². The molecule has 0 radical (unpaired) electrons. The zero-order valence-electron chi connectivity index (χ0n) is 11.3. The van der Waals surface area contributed by atoms with Crippen molar-refractivity contribution >= 4 is 34.2 Å². The number of aryl methyl sites for hydroxylation is 1. The van der Waals surface area contributed by atoms with Crippen LogP contribution in [0.15, 0.2) is 18.2 Å². The molecule has 19 heavy (non-hydrogen) atoms. The SMILES string of the molecule is Cc1ccc(I)cc1NC(=O)CC1CC2CCC1C2. The number of benzene rings is 1. The Labute approximate surface area is 128 Å². The van der Waals surface area contributed by atoms with Crippen LogP contribution in [0.5, 0.6) is 0 Å². The Bertz CT molecular complexity index is 500. The van der Waals surface area contributed by atoms with Gasteiger partial charge in [0, 0.05) is 15.7 Å². The second-order valence-corrected chi connectivity index (χ2v) is 7.39. The number of nitrogens with one attached hydrogen (secondary N) is 1. The third-order valence-corrected chi connectivity index (χ3v) is 5.48. The van der Waals surface area contributed by atoms with Gasteiger partial charge in [0.25, 0.3) is 0 Å². The van der Waals surface area contributed by atoms with E-state index in [1.165, 1.54) is 29.3 Å². The molecule has 1 amide bonds. The first-order chi connectivity index (χ1) is 9.11. The van der Waals surface area contributed by atoms with Crippen molar-refractivity contribution in [2.24, 2.45) is 17.8 Å². The summed E-state index contributed by atoms with van der Waals surface area (Å²) in [5.41, 5.74) is 2.11. The fourth-order valence-electron chi connectivity index (χ4n) is 3.79. The van der Waals surface area contributed by atoms with E-state index in [-0.39, 0.29) is 5.91 Å². The van der Waals surface area contributed by atoms with Gasteiger partial charge in [0.2, 0.25) is 5.91 Å². The molecule has 3 rings (SSSR count). The number of carbonyl (C=O) groups excluding carboxylic acids is 1. The molecule has 1 N–H and O–H groups in total. The number of hydrogen-bond acceptors (Lipinski definition) is 1. The Morgan fingerprint density at radius 1 is 1.37 bits per heavy atom. The molecule has 0 aromatic heterocycles. The third kappa shape index (κ3) is 2.96. The quantitative estimate of drug-likeness (QED) is 0.788. The van der Waals surface area contributed by atoms with Crippen molar-refractivity contribution in [3.05, 3.63) is 27.3 Å². The lowest BCUT2D eigenvalue weighted by atomic mass is 9.86. The van der Waals surface area contributed by atoms with Crippen LogP contribution in [0.3, 0.4) is 0 Å². The van der Waals surface area contributed by atoms with Crippen LogP contribution in [-0.2, 0) is 4.79 Å². The molecule has 102 valence electrons. The van der Waals surface area contributed by atoms with Crippen LogP contribution < -0.4 is 5.32 Å². The van der Waals surface area contributed by atoms with Crippen molar-refractivity contribution in [2.45, 2.75) is 39.0 Å². The number of fused-ring (bicyclic) bond motifs is 2. The molecule has 1 aromatic carbocycles. The molecule has 0 heterocycles. The van der Waals surface area contributed by atoms with E-state index < -0.39 is 0 Å². The minimum atomic E-state index is 0.197. The van der Waals surface area contributed by atoms with Crippen molar-refractivity contribution in [1.29, 1.82) is 0 Å². The maximum absolute atomic E-state index is 12.2. The highest BCUT2D eigenvalue weighted by Gasteiger charge is 2.40. The summed E-state index contributed by atoms with van der Waals surface area (Å²) in [5, 5.41) is 3.09. The molecule has 2 nitrogen and oxygen atoms in total. The minimum Gasteiger partial charge on any atom is -0.326 e. The highest BCUT2D eigenvalue weighted by atomic mass is 127. The number of carbonyl (C=O) groups is 1. The molecule has 0 aliphatic heterocycles. The van der Waals surface area contributed by atoms with Gasteiger partial charge in [-0.25, -0.2) is 0 Å².